The van der Waals surface area contributed by atoms with Gasteiger partial charge in [0, 0.05) is 49.4 Å². The minimum Gasteiger partial charge on any atom is -0.354 e. The van der Waals surface area contributed by atoms with Gasteiger partial charge >= 0.3 is 0 Å². The van der Waals surface area contributed by atoms with Crippen LogP contribution in [0.1, 0.15) is 56.2 Å². The summed E-state index contributed by atoms with van der Waals surface area (Å²) in [5, 5.41) is 5.84. The number of rotatable bonds is 9. The Kier molecular flexibility index (Phi) is 9.57. The van der Waals surface area contributed by atoms with E-state index < -0.39 is 0 Å². The second-order valence-corrected chi connectivity index (χ2v) is 11.7. The number of amides is 1. The van der Waals surface area contributed by atoms with Gasteiger partial charge in [0.05, 0.1) is 28.5 Å². The Bertz CT molecular complexity index is 1280. The summed E-state index contributed by atoms with van der Waals surface area (Å²) < 4.78 is 15.7. The Morgan fingerprint density at radius 1 is 1.03 bits per heavy atom. The van der Waals surface area contributed by atoms with Crippen LogP contribution in [0.2, 0.25) is 10.0 Å². The molecule has 0 unspecified atom stereocenters. The van der Waals surface area contributed by atoms with Gasteiger partial charge in [0.25, 0.3) is 5.91 Å². The predicted octanol–water partition coefficient (Wildman–Crippen LogP) is 6.71. The average molecular weight is 575 g/mol. The maximum atomic E-state index is 13.8. The highest BCUT2D eigenvalue weighted by atomic mass is 35.5. The maximum absolute atomic E-state index is 13.8. The molecule has 4 rings (SSSR count). The number of aryl methyl sites for hydroxylation is 1. The summed E-state index contributed by atoms with van der Waals surface area (Å²) in [6.45, 7) is 15.2. The minimum absolute atomic E-state index is 0.141. The number of nitrogens with zero attached hydrogens (tertiary/aromatic N) is 5. The molecule has 6 nitrogen and oxygen atoms in total. The molecule has 1 aliphatic rings. The highest BCUT2D eigenvalue weighted by Gasteiger charge is 2.30. The van der Waals surface area contributed by atoms with Crippen LogP contribution in [-0.2, 0) is 13.0 Å². The van der Waals surface area contributed by atoms with Crippen molar-refractivity contribution in [1.29, 1.82) is 0 Å². The third-order valence-corrected chi connectivity index (χ3v) is 7.72. The zero-order valence-corrected chi connectivity index (χ0v) is 24.9. The van der Waals surface area contributed by atoms with E-state index in [1.807, 2.05) is 9.58 Å². The Morgan fingerprint density at radius 2 is 1.69 bits per heavy atom. The fourth-order valence-electron chi connectivity index (χ4n) is 5.15. The monoisotopic (exact) mass is 573 g/mol. The van der Waals surface area contributed by atoms with Crippen molar-refractivity contribution in [1.82, 2.24) is 19.6 Å². The van der Waals surface area contributed by atoms with Crippen molar-refractivity contribution in [3.05, 3.63) is 75.1 Å². The summed E-state index contributed by atoms with van der Waals surface area (Å²) in [7, 11) is 0. The zero-order chi connectivity index (χ0) is 28.3. The Labute approximate surface area is 241 Å². The van der Waals surface area contributed by atoms with Crippen LogP contribution in [-0.4, -0.2) is 64.3 Å². The van der Waals surface area contributed by atoms with E-state index in [0.29, 0.717) is 41.2 Å². The first kappa shape index (κ1) is 29.4. The summed E-state index contributed by atoms with van der Waals surface area (Å²) in [5.41, 5.74) is 3.15. The largest absolute Gasteiger partial charge is 0.354 e. The standard InChI is InChI=1S/C30H38Cl2FN5O/c1-6-28-26(19-37(18-20(2)3)30(39)25-12-7-22(31)17-27(25)32)29(36-15-13-35(14-16-36)21(4)5)38(34-28)24-10-8-23(33)9-11-24/h7-12,17,20-21H,6,13-16,18-19H2,1-5H3. The first-order valence-electron chi connectivity index (χ1n) is 13.7. The van der Waals surface area contributed by atoms with E-state index in [1.165, 1.54) is 12.1 Å². The van der Waals surface area contributed by atoms with Gasteiger partial charge in [-0.15, -0.1) is 0 Å². The van der Waals surface area contributed by atoms with Crippen molar-refractivity contribution in [3.8, 4) is 5.69 Å². The molecule has 0 spiro atoms. The van der Waals surface area contributed by atoms with Crippen LogP contribution in [0.4, 0.5) is 10.2 Å². The molecule has 2 aromatic carbocycles. The normalized spacial score (nSPS) is 14.5. The van der Waals surface area contributed by atoms with Crippen LogP contribution in [0.3, 0.4) is 0 Å². The molecule has 1 aromatic heterocycles. The smallest absolute Gasteiger partial charge is 0.255 e. The number of carbonyl (C=O) groups is 1. The fraction of sp³-hybridized carbons (Fsp3) is 0.467. The summed E-state index contributed by atoms with van der Waals surface area (Å²) in [6, 6.07) is 11.9. The van der Waals surface area contributed by atoms with Gasteiger partial charge in [-0.25, -0.2) is 9.07 Å². The molecule has 0 atom stereocenters. The summed E-state index contributed by atoms with van der Waals surface area (Å²) in [5.74, 6) is 0.779. The molecule has 0 aliphatic carbocycles. The number of benzene rings is 2. The van der Waals surface area contributed by atoms with Gasteiger partial charge in [0.15, 0.2) is 0 Å². The summed E-state index contributed by atoms with van der Waals surface area (Å²) in [4.78, 5) is 20.5. The Morgan fingerprint density at radius 3 is 2.26 bits per heavy atom. The van der Waals surface area contributed by atoms with E-state index in [0.717, 1.165) is 48.9 Å². The maximum Gasteiger partial charge on any atom is 0.255 e. The molecule has 0 radical (unpaired) electrons. The van der Waals surface area contributed by atoms with Crippen LogP contribution in [0, 0.1) is 11.7 Å². The molecular weight excluding hydrogens is 536 g/mol. The molecule has 1 fully saturated rings. The lowest BCUT2D eigenvalue weighted by Gasteiger charge is -2.38. The molecule has 1 amide bonds. The number of hydrogen-bond acceptors (Lipinski definition) is 4. The van der Waals surface area contributed by atoms with Crippen molar-refractivity contribution in [2.45, 2.75) is 53.6 Å². The number of piperazine rings is 1. The molecule has 39 heavy (non-hydrogen) atoms. The van der Waals surface area contributed by atoms with E-state index in [2.05, 4.69) is 44.4 Å². The first-order valence-corrected chi connectivity index (χ1v) is 14.4. The molecule has 9 heteroatoms. The number of anilines is 1. The van der Waals surface area contributed by atoms with Gasteiger partial charge in [0.1, 0.15) is 11.6 Å². The van der Waals surface area contributed by atoms with E-state index >= 15 is 0 Å². The van der Waals surface area contributed by atoms with E-state index in [9.17, 15) is 9.18 Å². The van der Waals surface area contributed by atoms with E-state index in [-0.39, 0.29) is 17.6 Å². The molecule has 1 saturated heterocycles. The molecule has 210 valence electrons. The highest BCUT2D eigenvalue weighted by Crippen LogP contribution is 2.32. The SMILES string of the molecule is CCc1nn(-c2ccc(F)cc2)c(N2CCN(C(C)C)CC2)c1CN(CC(C)C)C(=O)c1ccc(Cl)cc1Cl. The Hall–Kier alpha value is -2.61. The number of carbonyl (C=O) groups excluding carboxylic acids is 1. The molecule has 1 aliphatic heterocycles. The molecule has 0 saturated carbocycles. The van der Waals surface area contributed by atoms with Crippen LogP contribution in [0.25, 0.3) is 5.69 Å². The van der Waals surface area contributed by atoms with Gasteiger partial charge in [-0.3, -0.25) is 9.69 Å². The Balaban J connectivity index is 1.79. The van der Waals surface area contributed by atoms with Gasteiger partial charge in [-0.05, 0) is 68.7 Å². The van der Waals surface area contributed by atoms with Gasteiger partial charge in [0.2, 0.25) is 0 Å². The third-order valence-electron chi connectivity index (χ3n) is 7.17. The molecule has 0 bridgehead atoms. The lowest BCUT2D eigenvalue weighted by Crippen LogP contribution is -2.49. The fourth-order valence-corrected chi connectivity index (χ4v) is 5.64. The quantitative estimate of drug-likeness (QED) is 0.285. The van der Waals surface area contributed by atoms with Crippen molar-refractivity contribution in [2.75, 3.05) is 37.6 Å². The van der Waals surface area contributed by atoms with Crippen molar-refractivity contribution < 1.29 is 9.18 Å². The van der Waals surface area contributed by atoms with Crippen LogP contribution in [0.5, 0.6) is 0 Å². The van der Waals surface area contributed by atoms with Crippen LogP contribution < -0.4 is 4.90 Å². The van der Waals surface area contributed by atoms with Crippen molar-refractivity contribution >= 4 is 34.9 Å². The van der Waals surface area contributed by atoms with Gasteiger partial charge in [-0.1, -0.05) is 44.0 Å². The van der Waals surface area contributed by atoms with E-state index in [1.54, 1.807) is 30.3 Å². The first-order chi connectivity index (χ1) is 18.6. The topological polar surface area (TPSA) is 44.6 Å². The third kappa shape index (κ3) is 6.76. The van der Waals surface area contributed by atoms with Crippen LogP contribution >= 0.6 is 23.2 Å². The number of aromatic nitrogens is 2. The summed E-state index contributed by atoms with van der Waals surface area (Å²) in [6.07, 6.45) is 0.702. The van der Waals surface area contributed by atoms with E-state index in [4.69, 9.17) is 28.3 Å². The van der Waals surface area contributed by atoms with Crippen LogP contribution in [0.15, 0.2) is 42.5 Å². The van der Waals surface area contributed by atoms with Gasteiger partial charge in [-0.2, -0.15) is 5.10 Å². The second-order valence-electron chi connectivity index (χ2n) is 10.8. The molecule has 2 heterocycles. The van der Waals surface area contributed by atoms with Gasteiger partial charge < -0.3 is 9.80 Å². The molecule has 3 aromatic rings. The molecule has 0 N–H and O–H groups in total. The number of hydrogen-bond donors (Lipinski definition) is 0. The minimum atomic E-state index is -0.289. The predicted molar refractivity (Wildman–Crippen MR) is 158 cm³/mol. The van der Waals surface area contributed by atoms with Crippen molar-refractivity contribution in [2.24, 2.45) is 5.92 Å². The highest BCUT2D eigenvalue weighted by molar-refractivity contribution is 6.36. The zero-order valence-electron chi connectivity index (χ0n) is 23.4. The second kappa shape index (κ2) is 12.7. The van der Waals surface area contributed by atoms with Crippen molar-refractivity contribution in [3.63, 3.8) is 0 Å². The average Bonchev–Trinajstić information content (AvgIpc) is 3.26. The molecular formula is C30H38Cl2FN5O. The lowest BCUT2D eigenvalue weighted by molar-refractivity contribution is 0.0722. The number of halogens is 3. The summed E-state index contributed by atoms with van der Waals surface area (Å²) >= 11 is 12.6. The lowest BCUT2D eigenvalue weighted by atomic mass is 10.1.